The van der Waals surface area contributed by atoms with Gasteiger partial charge in [0.15, 0.2) is 0 Å². The Morgan fingerprint density at radius 1 is 1.50 bits per heavy atom. The van der Waals surface area contributed by atoms with Gasteiger partial charge in [-0.25, -0.2) is 4.79 Å². The van der Waals surface area contributed by atoms with Crippen molar-refractivity contribution in [2.45, 2.75) is 38.4 Å². The summed E-state index contributed by atoms with van der Waals surface area (Å²) in [6.45, 7) is 2.18. The summed E-state index contributed by atoms with van der Waals surface area (Å²) < 4.78 is 0. The maximum Gasteiger partial charge on any atom is 0.335 e. The molecular formula is C15H19BO2. The van der Waals surface area contributed by atoms with Crippen molar-refractivity contribution < 1.29 is 9.90 Å². The van der Waals surface area contributed by atoms with Crippen molar-refractivity contribution in [1.29, 1.82) is 0 Å². The molecular weight excluding hydrogens is 223 g/mol. The molecule has 0 spiro atoms. The van der Waals surface area contributed by atoms with E-state index in [2.05, 4.69) is 13.0 Å². The third-order valence-electron chi connectivity index (χ3n) is 4.09. The fraction of sp³-hybridized carbons (Fsp3) is 0.533. The average molecular weight is 242 g/mol. The summed E-state index contributed by atoms with van der Waals surface area (Å²) in [6, 6.07) is 7.38. The Morgan fingerprint density at radius 2 is 2.28 bits per heavy atom. The zero-order valence-corrected chi connectivity index (χ0v) is 10.8. The highest BCUT2D eigenvalue weighted by molar-refractivity contribution is 6.08. The van der Waals surface area contributed by atoms with E-state index < -0.39 is 5.97 Å². The maximum atomic E-state index is 11.0. The lowest BCUT2D eigenvalue weighted by Crippen LogP contribution is -2.25. The lowest BCUT2D eigenvalue weighted by molar-refractivity contribution is 0.0696. The summed E-state index contributed by atoms with van der Waals surface area (Å²) in [5.74, 6) is 0.911. The van der Waals surface area contributed by atoms with Crippen LogP contribution in [0.15, 0.2) is 24.3 Å². The Bertz CT molecular complexity index is 430. The Labute approximate surface area is 110 Å². The van der Waals surface area contributed by atoms with Crippen LogP contribution in [-0.2, 0) is 0 Å². The fourth-order valence-corrected chi connectivity index (χ4v) is 2.81. The van der Waals surface area contributed by atoms with E-state index in [1.165, 1.54) is 18.4 Å². The normalized spacial score (nSPS) is 24.3. The molecule has 3 heteroatoms. The SMILES string of the molecule is [B]CC(C)CC1CCC1c1cccc(C(=O)O)c1. The average Bonchev–Trinajstić information content (AvgIpc) is 2.34. The van der Waals surface area contributed by atoms with Crippen molar-refractivity contribution in [3.05, 3.63) is 35.4 Å². The summed E-state index contributed by atoms with van der Waals surface area (Å²) in [6.07, 6.45) is 4.30. The summed E-state index contributed by atoms with van der Waals surface area (Å²) in [5.41, 5.74) is 1.57. The van der Waals surface area contributed by atoms with Crippen molar-refractivity contribution in [3.63, 3.8) is 0 Å². The molecule has 0 bridgehead atoms. The van der Waals surface area contributed by atoms with E-state index in [1.807, 2.05) is 12.1 Å². The zero-order valence-electron chi connectivity index (χ0n) is 10.8. The van der Waals surface area contributed by atoms with Crippen LogP contribution >= 0.6 is 0 Å². The Balaban J connectivity index is 2.07. The first-order chi connectivity index (χ1) is 8.61. The third-order valence-corrected chi connectivity index (χ3v) is 4.09. The van der Waals surface area contributed by atoms with Crippen LogP contribution in [-0.4, -0.2) is 18.9 Å². The molecule has 0 amide bonds. The molecule has 0 heterocycles. The van der Waals surface area contributed by atoms with Gasteiger partial charge in [0.1, 0.15) is 0 Å². The monoisotopic (exact) mass is 242 g/mol. The van der Waals surface area contributed by atoms with Crippen LogP contribution in [0.25, 0.3) is 0 Å². The van der Waals surface area contributed by atoms with Gasteiger partial charge in [-0.05, 0) is 48.8 Å². The summed E-state index contributed by atoms with van der Waals surface area (Å²) >= 11 is 0. The number of benzene rings is 1. The second-order valence-corrected chi connectivity index (χ2v) is 5.45. The molecule has 94 valence electrons. The van der Waals surface area contributed by atoms with Crippen LogP contribution in [0, 0.1) is 11.8 Å². The van der Waals surface area contributed by atoms with E-state index in [1.54, 1.807) is 6.07 Å². The molecule has 0 aliphatic heterocycles. The van der Waals surface area contributed by atoms with E-state index in [4.69, 9.17) is 13.0 Å². The molecule has 1 aromatic carbocycles. The zero-order chi connectivity index (χ0) is 13.1. The van der Waals surface area contributed by atoms with Gasteiger partial charge in [-0.1, -0.05) is 31.3 Å². The molecule has 3 atom stereocenters. The third kappa shape index (κ3) is 2.77. The van der Waals surface area contributed by atoms with E-state index in [0.29, 0.717) is 23.3 Å². The summed E-state index contributed by atoms with van der Waals surface area (Å²) in [7, 11) is 5.67. The highest BCUT2D eigenvalue weighted by atomic mass is 16.4. The minimum atomic E-state index is -0.844. The van der Waals surface area contributed by atoms with Gasteiger partial charge in [-0.15, -0.1) is 0 Å². The van der Waals surface area contributed by atoms with E-state index in [-0.39, 0.29) is 0 Å². The van der Waals surface area contributed by atoms with Gasteiger partial charge in [0.05, 0.1) is 13.4 Å². The number of carboxylic acid groups (broad SMARTS) is 1. The number of carboxylic acids is 1. The molecule has 1 fully saturated rings. The number of rotatable bonds is 5. The second-order valence-electron chi connectivity index (χ2n) is 5.45. The molecule has 0 saturated heterocycles. The van der Waals surface area contributed by atoms with Crippen LogP contribution in [0.3, 0.4) is 0 Å². The Hall–Kier alpha value is -1.25. The molecule has 3 unspecified atom stereocenters. The van der Waals surface area contributed by atoms with Crippen LogP contribution in [0.5, 0.6) is 0 Å². The van der Waals surface area contributed by atoms with Gasteiger partial charge >= 0.3 is 5.97 Å². The fourth-order valence-electron chi connectivity index (χ4n) is 2.81. The van der Waals surface area contributed by atoms with Gasteiger partial charge in [-0.3, -0.25) is 0 Å². The first-order valence-electron chi connectivity index (χ1n) is 6.65. The number of aromatic carboxylic acids is 1. The number of hydrogen-bond donors (Lipinski definition) is 1. The van der Waals surface area contributed by atoms with Gasteiger partial charge in [-0.2, -0.15) is 0 Å². The predicted octanol–water partition coefficient (Wildman–Crippen LogP) is 3.49. The topological polar surface area (TPSA) is 37.3 Å². The van der Waals surface area contributed by atoms with Crippen molar-refractivity contribution in [1.82, 2.24) is 0 Å². The standard InChI is InChI=1S/C15H19BO2/c1-10(9-16)7-12-5-6-14(12)11-3-2-4-13(8-11)15(17)18/h2-4,8,10,12,14H,5-7,9H2,1H3,(H,17,18). The quantitative estimate of drug-likeness (QED) is 0.802. The molecule has 2 rings (SSSR count). The van der Waals surface area contributed by atoms with Crippen LogP contribution in [0.1, 0.15) is 48.0 Å². The van der Waals surface area contributed by atoms with Crippen LogP contribution in [0.4, 0.5) is 0 Å². The van der Waals surface area contributed by atoms with Gasteiger partial charge in [0.2, 0.25) is 0 Å². The molecule has 2 nitrogen and oxygen atoms in total. The molecule has 1 N–H and O–H groups in total. The van der Waals surface area contributed by atoms with Crippen LogP contribution < -0.4 is 0 Å². The molecule has 0 aromatic heterocycles. The van der Waals surface area contributed by atoms with Crippen molar-refractivity contribution in [2.24, 2.45) is 11.8 Å². The largest absolute Gasteiger partial charge is 0.478 e. The highest BCUT2D eigenvalue weighted by Gasteiger charge is 2.32. The number of carbonyl (C=O) groups is 1. The van der Waals surface area contributed by atoms with E-state index >= 15 is 0 Å². The molecule has 1 aliphatic carbocycles. The minimum absolute atomic E-state index is 0.394. The predicted molar refractivity (Wildman–Crippen MR) is 73.2 cm³/mol. The second kappa shape index (κ2) is 5.60. The smallest absolute Gasteiger partial charge is 0.335 e. The van der Waals surface area contributed by atoms with Gasteiger partial charge in [0, 0.05) is 0 Å². The maximum absolute atomic E-state index is 11.0. The Morgan fingerprint density at radius 3 is 2.83 bits per heavy atom. The van der Waals surface area contributed by atoms with Gasteiger partial charge in [0.25, 0.3) is 0 Å². The molecule has 1 saturated carbocycles. The highest BCUT2D eigenvalue weighted by Crippen LogP contribution is 2.46. The Kier molecular flexibility index (Phi) is 4.10. The van der Waals surface area contributed by atoms with Gasteiger partial charge < -0.3 is 5.11 Å². The van der Waals surface area contributed by atoms with Crippen molar-refractivity contribution in [3.8, 4) is 0 Å². The first-order valence-corrected chi connectivity index (χ1v) is 6.65. The molecule has 2 radical (unpaired) electrons. The lowest BCUT2D eigenvalue weighted by atomic mass is 9.66. The van der Waals surface area contributed by atoms with Crippen molar-refractivity contribution >= 4 is 13.8 Å². The molecule has 1 aromatic rings. The minimum Gasteiger partial charge on any atom is -0.478 e. The van der Waals surface area contributed by atoms with E-state index in [9.17, 15) is 4.79 Å². The molecule has 18 heavy (non-hydrogen) atoms. The summed E-state index contributed by atoms with van der Waals surface area (Å²) in [4.78, 5) is 11.0. The summed E-state index contributed by atoms with van der Waals surface area (Å²) in [5, 5.41) is 9.01. The lowest BCUT2D eigenvalue weighted by Gasteiger charge is -2.38. The van der Waals surface area contributed by atoms with Crippen molar-refractivity contribution in [2.75, 3.05) is 0 Å². The molecule has 1 aliphatic rings. The van der Waals surface area contributed by atoms with Crippen LogP contribution in [0.2, 0.25) is 6.32 Å². The number of hydrogen-bond acceptors (Lipinski definition) is 1. The first kappa shape index (κ1) is 13.2. The van der Waals surface area contributed by atoms with E-state index in [0.717, 1.165) is 12.7 Å².